The number of nitrogens with zero attached hydrogens (tertiary/aromatic N) is 8. The Labute approximate surface area is 256 Å². The molecule has 0 N–H and O–H groups in total. The molecule has 39 heavy (non-hydrogen) atoms. The molecular formula is C29H27N8W2+. The number of hydrogen-bond acceptors (Lipinski definition) is 4. The fraction of sp³-hybridized carbons (Fsp3) is 0.138. The summed E-state index contributed by atoms with van der Waals surface area (Å²) in [6.45, 7) is 3.44. The second-order valence-electron chi connectivity index (χ2n) is 8.40. The van der Waals surface area contributed by atoms with Gasteiger partial charge in [-0.25, -0.2) is 13.7 Å². The number of rotatable bonds is 10. The molecule has 0 atom stereocenters. The van der Waals surface area contributed by atoms with Gasteiger partial charge >= 0.3 is 0 Å². The van der Waals surface area contributed by atoms with Crippen molar-refractivity contribution in [3.63, 3.8) is 0 Å². The minimum absolute atomic E-state index is 0. The van der Waals surface area contributed by atoms with Crippen molar-refractivity contribution in [2.24, 2.45) is 20.5 Å². The predicted octanol–water partition coefficient (Wildman–Crippen LogP) is 5.18. The van der Waals surface area contributed by atoms with E-state index in [1.165, 1.54) is 0 Å². The molecule has 0 aliphatic rings. The molecule has 194 valence electrons. The van der Waals surface area contributed by atoms with E-state index in [-0.39, 0.29) is 42.1 Å². The first-order valence-corrected chi connectivity index (χ1v) is 12.1. The number of aryl methyl sites for hydroxylation is 4. The molecule has 5 rings (SSSR count). The van der Waals surface area contributed by atoms with Crippen molar-refractivity contribution < 1.29 is 55.8 Å². The van der Waals surface area contributed by atoms with Crippen LogP contribution in [0, 0.1) is 12.1 Å². The van der Waals surface area contributed by atoms with Crippen molar-refractivity contribution in [1.82, 2.24) is 4.57 Å². The third-order valence-corrected chi connectivity index (χ3v) is 5.66. The van der Waals surface area contributed by atoms with E-state index in [0.29, 0.717) is 0 Å². The quantitative estimate of drug-likeness (QED) is 0.106. The average molecular weight is 855 g/mol. The molecule has 0 saturated carbocycles. The average Bonchev–Trinajstić information content (AvgIpc) is 3.42. The Kier molecular flexibility index (Phi) is 12.2. The van der Waals surface area contributed by atoms with Gasteiger partial charge in [0, 0.05) is 60.3 Å². The normalized spacial score (nSPS) is 10.9. The first-order valence-electron chi connectivity index (χ1n) is 12.1. The fourth-order valence-corrected chi connectivity index (χ4v) is 3.66. The summed E-state index contributed by atoms with van der Waals surface area (Å²) in [5.74, 6) is 0. The summed E-state index contributed by atoms with van der Waals surface area (Å²) >= 11 is 0. The van der Waals surface area contributed by atoms with Crippen LogP contribution in [-0.4, -0.2) is 4.57 Å². The standard InChI is InChI=1S/C29H27N8.2W/c1-3-8-26(9-4-1)30-32-28-13-16-34(17-14-28)18-20-36-22-23-37(25-36)21-19-35-15-7-12-29(24-35)33-31-27-10-5-2-6-11-27;;/h3-17,22-25H,18-21H2;;/q+1;;. The van der Waals surface area contributed by atoms with E-state index in [4.69, 9.17) is 0 Å². The van der Waals surface area contributed by atoms with Crippen LogP contribution in [0.3, 0.4) is 0 Å². The molecule has 0 aliphatic carbocycles. The van der Waals surface area contributed by atoms with Gasteiger partial charge in [0.1, 0.15) is 31.2 Å². The molecule has 0 radical (unpaired) electrons. The smallest absolute Gasteiger partial charge is 0.230 e. The van der Waals surface area contributed by atoms with Crippen LogP contribution in [0.1, 0.15) is 0 Å². The summed E-state index contributed by atoms with van der Waals surface area (Å²) in [5.41, 5.74) is 3.27. The van der Waals surface area contributed by atoms with E-state index < -0.39 is 0 Å². The Bertz CT molecular complexity index is 1470. The predicted molar refractivity (Wildman–Crippen MR) is 137 cm³/mol. The Balaban J connectivity index is 0.00000210. The van der Waals surface area contributed by atoms with Gasteiger partial charge in [0.2, 0.25) is 6.33 Å². The molecule has 2 aromatic carbocycles. The van der Waals surface area contributed by atoms with Gasteiger partial charge in [0.05, 0.1) is 5.69 Å². The molecule has 0 saturated heterocycles. The number of pyridine rings is 2. The van der Waals surface area contributed by atoms with Gasteiger partial charge in [0.15, 0.2) is 37.9 Å². The van der Waals surface area contributed by atoms with E-state index in [0.717, 1.165) is 48.9 Å². The minimum Gasteiger partial charge on any atom is -0.230 e. The summed E-state index contributed by atoms with van der Waals surface area (Å²) < 4.78 is 8.66. The summed E-state index contributed by atoms with van der Waals surface area (Å²) in [7, 11) is 0. The number of aromatic nitrogens is 4. The molecule has 3 aromatic heterocycles. The number of azo groups is 2. The largest absolute Gasteiger partial charge is 0.244 e. The molecule has 3 heterocycles. The van der Waals surface area contributed by atoms with E-state index >= 15 is 0 Å². The first-order chi connectivity index (χ1) is 18.3. The summed E-state index contributed by atoms with van der Waals surface area (Å²) in [6.07, 6.45) is 14.5. The minimum atomic E-state index is 0. The summed E-state index contributed by atoms with van der Waals surface area (Å²) in [6, 6.07) is 28.7. The van der Waals surface area contributed by atoms with Gasteiger partial charge in [-0.15, -0.1) is 29.4 Å². The number of imidazole rings is 1. The Morgan fingerprint density at radius 1 is 0.564 bits per heavy atom. The number of hydrogen-bond donors (Lipinski definition) is 0. The van der Waals surface area contributed by atoms with E-state index in [1.54, 1.807) is 0 Å². The molecule has 0 spiro atoms. The van der Waals surface area contributed by atoms with Crippen molar-refractivity contribution >= 4 is 22.7 Å². The first kappa shape index (κ1) is 30.1. The SMILES string of the molecule is [W].[W].[c-]1ccc(N=Nc2cc[n+](CC[n+]3ccn(CC[n+]4cccc(N=Nc5cc[c-]cc5)c4)c3)cc2)cc1. The van der Waals surface area contributed by atoms with Crippen molar-refractivity contribution in [1.29, 1.82) is 0 Å². The zero-order valence-electron chi connectivity index (χ0n) is 21.2. The Morgan fingerprint density at radius 2 is 1.13 bits per heavy atom. The number of benzene rings is 2. The van der Waals surface area contributed by atoms with Crippen LogP contribution in [0.5, 0.6) is 0 Å². The topological polar surface area (TPSA) is 66.0 Å². The zero-order valence-corrected chi connectivity index (χ0v) is 27.1. The maximum absolute atomic E-state index is 4.34. The van der Waals surface area contributed by atoms with Crippen LogP contribution >= 0.6 is 0 Å². The molecule has 5 aromatic rings. The van der Waals surface area contributed by atoms with Crippen LogP contribution in [0.4, 0.5) is 22.7 Å². The van der Waals surface area contributed by atoms with Crippen molar-refractivity contribution in [2.45, 2.75) is 26.2 Å². The Hall–Kier alpha value is -3.47. The monoisotopic (exact) mass is 855 g/mol. The molecule has 0 unspecified atom stereocenters. The summed E-state index contributed by atoms with van der Waals surface area (Å²) in [4.78, 5) is 0. The maximum Gasteiger partial charge on any atom is 0.244 e. The van der Waals surface area contributed by atoms with Crippen LogP contribution < -0.4 is 13.7 Å². The van der Waals surface area contributed by atoms with Crippen molar-refractivity contribution in [2.75, 3.05) is 0 Å². The van der Waals surface area contributed by atoms with Crippen LogP contribution in [0.25, 0.3) is 0 Å². The molecule has 0 fully saturated rings. The maximum atomic E-state index is 4.34. The third kappa shape index (κ3) is 9.65. The van der Waals surface area contributed by atoms with Crippen LogP contribution in [0.2, 0.25) is 0 Å². The van der Waals surface area contributed by atoms with Crippen LogP contribution in [-0.2, 0) is 68.3 Å². The van der Waals surface area contributed by atoms with Gasteiger partial charge < -0.3 is 0 Å². The van der Waals surface area contributed by atoms with Gasteiger partial charge in [-0.2, -0.15) is 56.3 Å². The van der Waals surface area contributed by atoms with Gasteiger partial charge in [-0.3, -0.25) is 0 Å². The summed E-state index contributed by atoms with van der Waals surface area (Å²) in [5, 5.41) is 17.2. The van der Waals surface area contributed by atoms with E-state index in [2.05, 4.69) is 69.6 Å². The molecule has 0 aliphatic heterocycles. The second-order valence-corrected chi connectivity index (χ2v) is 8.40. The molecule has 0 amide bonds. The van der Waals surface area contributed by atoms with Crippen molar-refractivity contribution in [3.8, 4) is 0 Å². The van der Waals surface area contributed by atoms with Gasteiger partial charge in [-0.05, 0) is 17.4 Å². The third-order valence-electron chi connectivity index (χ3n) is 5.66. The molecule has 0 bridgehead atoms. The molecular weight excluding hydrogens is 828 g/mol. The van der Waals surface area contributed by atoms with E-state index in [9.17, 15) is 0 Å². The second kappa shape index (κ2) is 15.8. The van der Waals surface area contributed by atoms with Gasteiger partial charge in [-0.1, -0.05) is 0 Å². The molecule has 8 nitrogen and oxygen atoms in total. The molecule has 10 heteroatoms. The Morgan fingerprint density at radius 3 is 1.77 bits per heavy atom. The fourth-order valence-electron chi connectivity index (χ4n) is 3.66. The van der Waals surface area contributed by atoms with Crippen LogP contribution in [0.15, 0.2) is 137 Å². The van der Waals surface area contributed by atoms with Gasteiger partial charge in [0.25, 0.3) is 0 Å². The van der Waals surface area contributed by atoms with Crippen molar-refractivity contribution in [3.05, 3.63) is 128 Å². The van der Waals surface area contributed by atoms with E-state index in [1.807, 2.05) is 97.6 Å². The zero-order chi connectivity index (χ0) is 25.1.